The van der Waals surface area contributed by atoms with E-state index in [1.54, 1.807) is 25.3 Å². The molecule has 5 nitrogen and oxygen atoms in total. The number of para-hydroxylation sites is 1. The van der Waals surface area contributed by atoms with Gasteiger partial charge < -0.3 is 15.2 Å². The number of carboxylic acids is 1. The summed E-state index contributed by atoms with van der Waals surface area (Å²) in [5.41, 5.74) is 2.15. The van der Waals surface area contributed by atoms with Crippen LogP contribution < -0.4 is 10.1 Å². The third kappa shape index (κ3) is 5.12. The average molecular weight is 327 g/mol. The van der Waals surface area contributed by atoms with Crippen molar-refractivity contribution >= 4 is 11.9 Å². The number of ether oxygens (including phenoxy) is 1. The first-order valence-electron chi connectivity index (χ1n) is 7.81. The van der Waals surface area contributed by atoms with Crippen molar-refractivity contribution in [2.24, 2.45) is 0 Å². The van der Waals surface area contributed by atoms with Gasteiger partial charge in [-0.05, 0) is 42.2 Å². The first-order valence-corrected chi connectivity index (χ1v) is 7.81. The van der Waals surface area contributed by atoms with E-state index >= 15 is 0 Å². The normalized spacial score (nSPS) is 10.2. The Morgan fingerprint density at radius 1 is 1.08 bits per heavy atom. The molecule has 0 bridgehead atoms. The molecule has 126 valence electrons. The SMILES string of the molecule is COc1ccccc1CCC(=O)NCCc1cccc(C(=O)O)c1. The standard InChI is InChI=1S/C19H21NO4/c1-24-17-8-3-2-6-15(17)9-10-18(21)20-12-11-14-5-4-7-16(13-14)19(22)23/h2-8,13H,9-12H2,1H3,(H,20,21)(H,22,23). The van der Waals surface area contributed by atoms with E-state index in [4.69, 9.17) is 9.84 Å². The van der Waals surface area contributed by atoms with Crippen molar-refractivity contribution in [3.63, 3.8) is 0 Å². The second kappa shape index (κ2) is 8.72. The Bertz CT molecular complexity index is 712. The van der Waals surface area contributed by atoms with Crippen LogP contribution >= 0.6 is 0 Å². The van der Waals surface area contributed by atoms with E-state index in [1.807, 2.05) is 30.3 Å². The number of rotatable bonds is 8. The number of hydrogen-bond donors (Lipinski definition) is 2. The molecule has 0 unspecified atom stereocenters. The molecule has 1 amide bonds. The molecule has 24 heavy (non-hydrogen) atoms. The van der Waals surface area contributed by atoms with Crippen molar-refractivity contribution in [2.45, 2.75) is 19.3 Å². The molecule has 0 fully saturated rings. The Balaban J connectivity index is 1.77. The molecule has 2 rings (SSSR count). The van der Waals surface area contributed by atoms with Crippen LogP contribution in [0.2, 0.25) is 0 Å². The number of carbonyl (C=O) groups excluding carboxylic acids is 1. The van der Waals surface area contributed by atoms with Crippen LogP contribution in [0.1, 0.15) is 27.9 Å². The van der Waals surface area contributed by atoms with E-state index in [0.29, 0.717) is 25.8 Å². The molecule has 5 heteroatoms. The van der Waals surface area contributed by atoms with Crippen molar-refractivity contribution in [1.82, 2.24) is 5.32 Å². The molecule has 0 saturated carbocycles. The van der Waals surface area contributed by atoms with Crippen molar-refractivity contribution in [3.05, 3.63) is 65.2 Å². The molecule has 2 aromatic carbocycles. The number of benzene rings is 2. The first-order chi connectivity index (χ1) is 11.6. The van der Waals surface area contributed by atoms with Crippen LogP contribution in [0.4, 0.5) is 0 Å². The molecule has 0 atom stereocenters. The minimum atomic E-state index is -0.947. The topological polar surface area (TPSA) is 75.6 Å². The van der Waals surface area contributed by atoms with Gasteiger partial charge in [-0.1, -0.05) is 30.3 Å². The zero-order chi connectivity index (χ0) is 17.4. The zero-order valence-electron chi connectivity index (χ0n) is 13.6. The highest BCUT2D eigenvalue weighted by Crippen LogP contribution is 2.18. The molecular weight excluding hydrogens is 306 g/mol. The summed E-state index contributed by atoms with van der Waals surface area (Å²) in [6.07, 6.45) is 1.60. The predicted molar refractivity (Wildman–Crippen MR) is 91.4 cm³/mol. The lowest BCUT2D eigenvalue weighted by Crippen LogP contribution is -2.26. The largest absolute Gasteiger partial charge is 0.496 e. The third-order valence-electron chi connectivity index (χ3n) is 3.72. The van der Waals surface area contributed by atoms with Gasteiger partial charge in [-0.15, -0.1) is 0 Å². The highest BCUT2D eigenvalue weighted by atomic mass is 16.5. The van der Waals surface area contributed by atoms with Crippen molar-refractivity contribution in [1.29, 1.82) is 0 Å². The summed E-state index contributed by atoms with van der Waals surface area (Å²) in [7, 11) is 1.62. The van der Waals surface area contributed by atoms with E-state index in [0.717, 1.165) is 16.9 Å². The molecule has 0 aliphatic heterocycles. The first kappa shape index (κ1) is 17.5. The van der Waals surface area contributed by atoms with Crippen LogP contribution in [0.3, 0.4) is 0 Å². The van der Waals surface area contributed by atoms with Gasteiger partial charge in [0, 0.05) is 13.0 Å². The summed E-state index contributed by atoms with van der Waals surface area (Å²) in [6, 6.07) is 14.4. The number of carbonyl (C=O) groups is 2. The second-order valence-electron chi connectivity index (χ2n) is 5.42. The van der Waals surface area contributed by atoms with Gasteiger partial charge in [-0.25, -0.2) is 4.79 Å². The summed E-state index contributed by atoms with van der Waals surface area (Å²) < 4.78 is 5.27. The zero-order valence-corrected chi connectivity index (χ0v) is 13.6. The van der Waals surface area contributed by atoms with Crippen LogP contribution in [0.5, 0.6) is 5.75 Å². The van der Waals surface area contributed by atoms with Gasteiger partial charge in [0.05, 0.1) is 12.7 Å². The Morgan fingerprint density at radius 3 is 2.62 bits per heavy atom. The van der Waals surface area contributed by atoms with Crippen LogP contribution in [0.25, 0.3) is 0 Å². The van der Waals surface area contributed by atoms with Gasteiger partial charge in [0.2, 0.25) is 5.91 Å². The highest BCUT2D eigenvalue weighted by molar-refractivity contribution is 5.87. The summed E-state index contributed by atoms with van der Waals surface area (Å²) in [4.78, 5) is 22.9. The van der Waals surface area contributed by atoms with E-state index in [-0.39, 0.29) is 11.5 Å². The summed E-state index contributed by atoms with van der Waals surface area (Å²) in [5, 5.41) is 11.8. The Morgan fingerprint density at radius 2 is 1.88 bits per heavy atom. The minimum absolute atomic E-state index is 0.0321. The fraction of sp³-hybridized carbons (Fsp3) is 0.263. The predicted octanol–water partition coefficient (Wildman–Crippen LogP) is 2.68. The van der Waals surface area contributed by atoms with Gasteiger partial charge in [0.15, 0.2) is 0 Å². The fourth-order valence-corrected chi connectivity index (χ4v) is 2.45. The molecule has 0 radical (unpaired) electrons. The van der Waals surface area contributed by atoms with Gasteiger partial charge in [0.25, 0.3) is 0 Å². The van der Waals surface area contributed by atoms with Crippen molar-refractivity contribution in [3.8, 4) is 5.75 Å². The lowest BCUT2D eigenvalue weighted by Gasteiger charge is -2.09. The average Bonchev–Trinajstić information content (AvgIpc) is 2.60. The summed E-state index contributed by atoms with van der Waals surface area (Å²) in [6.45, 7) is 0.480. The number of hydrogen-bond acceptors (Lipinski definition) is 3. The quantitative estimate of drug-likeness (QED) is 0.781. The molecule has 0 saturated heterocycles. The Kier molecular flexibility index (Phi) is 6.37. The number of aromatic carboxylic acids is 1. The van der Waals surface area contributed by atoms with Crippen molar-refractivity contribution in [2.75, 3.05) is 13.7 Å². The van der Waals surface area contributed by atoms with Crippen LogP contribution in [0, 0.1) is 0 Å². The number of nitrogens with one attached hydrogen (secondary N) is 1. The molecule has 0 aromatic heterocycles. The monoisotopic (exact) mass is 327 g/mol. The molecule has 0 spiro atoms. The second-order valence-corrected chi connectivity index (χ2v) is 5.42. The van der Waals surface area contributed by atoms with Crippen LogP contribution in [-0.4, -0.2) is 30.6 Å². The maximum atomic E-state index is 11.9. The van der Waals surface area contributed by atoms with Gasteiger partial charge in [-0.3, -0.25) is 4.79 Å². The van der Waals surface area contributed by atoms with E-state index in [9.17, 15) is 9.59 Å². The maximum Gasteiger partial charge on any atom is 0.335 e. The molecular formula is C19H21NO4. The van der Waals surface area contributed by atoms with Gasteiger partial charge in [-0.2, -0.15) is 0 Å². The fourth-order valence-electron chi connectivity index (χ4n) is 2.45. The Hall–Kier alpha value is -2.82. The van der Waals surface area contributed by atoms with E-state index in [2.05, 4.69) is 5.32 Å². The van der Waals surface area contributed by atoms with Crippen LogP contribution in [0.15, 0.2) is 48.5 Å². The maximum absolute atomic E-state index is 11.9. The van der Waals surface area contributed by atoms with Gasteiger partial charge >= 0.3 is 5.97 Å². The molecule has 2 aromatic rings. The highest BCUT2D eigenvalue weighted by Gasteiger charge is 2.07. The number of carboxylic acid groups (broad SMARTS) is 1. The molecule has 0 aliphatic carbocycles. The lowest BCUT2D eigenvalue weighted by molar-refractivity contribution is -0.121. The smallest absolute Gasteiger partial charge is 0.335 e. The number of aryl methyl sites for hydroxylation is 1. The number of methoxy groups -OCH3 is 1. The molecule has 2 N–H and O–H groups in total. The van der Waals surface area contributed by atoms with Crippen molar-refractivity contribution < 1.29 is 19.4 Å². The summed E-state index contributed by atoms with van der Waals surface area (Å²) >= 11 is 0. The van der Waals surface area contributed by atoms with Crippen LogP contribution in [-0.2, 0) is 17.6 Å². The van der Waals surface area contributed by atoms with E-state index in [1.165, 1.54) is 0 Å². The van der Waals surface area contributed by atoms with E-state index < -0.39 is 5.97 Å². The molecule has 0 aliphatic rings. The molecule has 0 heterocycles. The lowest BCUT2D eigenvalue weighted by atomic mass is 10.1. The third-order valence-corrected chi connectivity index (χ3v) is 3.72. The van der Waals surface area contributed by atoms with Gasteiger partial charge in [0.1, 0.15) is 5.75 Å². The summed E-state index contributed by atoms with van der Waals surface area (Å²) in [5.74, 6) is -0.191. The minimum Gasteiger partial charge on any atom is -0.496 e. The Labute approximate surface area is 141 Å². The number of amides is 1.